The first-order chi connectivity index (χ1) is 15.5. The summed E-state index contributed by atoms with van der Waals surface area (Å²) in [5, 5.41) is 21.8. The van der Waals surface area contributed by atoms with Crippen molar-refractivity contribution in [1.29, 1.82) is 0 Å². The number of amides is 1. The van der Waals surface area contributed by atoms with Gasteiger partial charge in [-0.15, -0.1) is 5.10 Å². The number of carbonyl (C=O) groups is 1. The van der Waals surface area contributed by atoms with Gasteiger partial charge in [0.05, 0.1) is 16.5 Å². The zero-order valence-electron chi connectivity index (χ0n) is 16.5. The van der Waals surface area contributed by atoms with Crippen LogP contribution in [0, 0.1) is 10.1 Å². The van der Waals surface area contributed by atoms with E-state index in [0.717, 1.165) is 5.56 Å². The van der Waals surface area contributed by atoms with Gasteiger partial charge >= 0.3 is 0 Å². The highest BCUT2D eigenvalue weighted by Crippen LogP contribution is 2.28. The second-order valence-electron chi connectivity index (χ2n) is 6.59. The van der Waals surface area contributed by atoms with Gasteiger partial charge in [0.25, 0.3) is 11.6 Å². The minimum absolute atomic E-state index is 0.0469. The summed E-state index contributed by atoms with van der Waals surface area (Å²) in [5.41, 5.74) is 1.06. The van der Waals surface area contributed by atoms with Crippen LogP contribution >= 0.6 is 11.6 Å². The Morgan fingerprint density at radius 1 is 1.12 bits per heavy atom. The summed E-state index contributed by atoms with van der Waals surface area (Å²) in [7, 11) is 0. The van der Waals surface area contributed by atoms with Gasteiger partial charge in [0, 0.05) is 18.3 Å². The number of benzene rings is 2. The number of hydrogen-bond donors (Lipinski definition) is 1. The zero-order valence-corrected chi connectivity index (χ0v) is 17.2. The first kappa shape index (κ1) is 21.0. The van der Waals surface area contributed by atoms with Crippen molar-refractivity contribution in [3.8, 4) is 5.75 Å². The summed E-state index contributed by atoms with van der Waals surface area (Å²) in [6.07, 6.45) is 3.08. The molecule has 0 radical (unpaired) electrons. The Morgan fingerprint density at radius 3 is 2.69 bits per heavy atom. The summed E-state index contributed by atoms with van der Waals surface area (Å²) in [6, 6.07) is 15.1. The molecular weight excluding hydrogens is 438 g/mol. The molecule has 0 aliphatic rings. The number of ether oxygens (including phenoxy) is 1. The maximum absolute atomic E-state index is 12.4. The Morgan fingerprint density at radius 2 is 1.94 bits per heavy atom. The van der Waals surface area contributed by atoms with Gasteiger partial charge in [-0.25, -0.2) is 14.3 Å². The van der Waals surface area contributed by atoms with Crippen LogP contribution in [0.5, 0.6) is 5.75 Å². The number of nitrogens with one attached hydrogen (secondary N) is 1. The molecule has 11 nitrogen and oxygen atoms in total. The van der Waals surface area contributed by atoms with E-state index in [1.807, 2.05) is 30.3 Å². The Labute approximate surface area is 186 Å². The second kappa shape index (κ2) is 9.27. The largest absolute Gasteiger partial charge is 0.470 e. The number of nitrogens with zero attached hydrogens (tertiary/aromatic N) is 6. The number of nitro groups is 1. The molecule has 32 heavy (non-hydrogen) atoms. The molecule has 0 bridgehead atoms. The van der Waals surface area contributed by atoms with E-state index in [-0.39, 0.29) is 34.8 Å². The number of anilines is 1. The molecule has 12 heteroatoms. The predicted molar refractivity (Wildman–Crippen MR) is 114 cm³/mol. The van der Waals surface area contributed by atoms with Crippen molar-refractivity contribution in [1.82, 2.24) is 24.5 Å². The summed E-state index contributed by atoms with van der Waals surface area (Å²) in [5.74, 6) is -0.0594. The first-order valence-corrected chi connectivity index (χ1v) is 9.70. The van der Waals surface area contributed by atoms with E-state index in [1.165, 1.54) is 35.3 Å². The van der Waals surface area contributed by atoms with Crippen LogP contribution in [-0.2, 0) is 13.3 Å². The molecule has 0 unspecified atom stereocenters. The predicted octanol–water partition coefficient (Wildman–Crippen LogP) is 3.37. The van der Waals surface area contributed by atoms with Crippen molar-refractivity contribution in [3.05, 3.63) is 93.5 Å². The molecule has 1 N–H and O–H groups in total. The molecule has 0 saturated carbocycles. The highest BCUT2D eigenvalue weighted by atomic mass is 35.5. The third-order valence-electron chi connectivity index (χ3n) is 4.30. The summed E-state index contributed by atoms with van der Waals surface area (Å²) in [6.45, 7) is 0.482. The highest BCUT2D eigenvalue weighted by molar-refractivity contribution is 6.32. The molecule has 0 fully saturated rings. The van der Waals surface area contributed by atoms with Crippen LogP contribution in [0.15, 0.2) is 67.1 Å². The minimum Gasteiger partial charge on any atom is -0.470 e. The number of hydrogen-bond acceptors (Lipinski definition) is 7. The number of rotatable bonds is 8. The molecule has 0 aliphatic heterocycles. The third kappa shape index (κ3) is 5.08. The molecule has 0 spiro atoms. The number of aromatic nitrogens is 5. The van der Waals surface area contributed by atoms with E-state index in [2.05, 4.69) is 20.5 Å². The second-order valence-corrected chi connectivity index (χ2v) is 7.00. The molecule has 4 rings (SSSR count). The van der Waals surface area contributed by atoms with Crippen LogP contribution < -0.4 is 10.1 Å². The number of non-ortho nitro benzene ring substituents is 1. The van der Waals surface area contributed by atoms with E-state index in [9.17, 15) is 14.9 Å². The van der Waals surface area contributed by atoms with Crippen LogP contribution in [0.1, 0.15) is 16.1 Å². The van der Waals surface area contributed by atoms with E-state index in [1.54, 1.807) is 10.9 Å². The third-order valence-corrected chi connectivity index (χ3v) is 4.60. The standard InChI is InChI=1S/C20H16ClN7O4/c21-16-10-15(28(30)31)6-7-18(16)32-13-26-9-8-17(24-26)19(29)23-20-22-12-27(25-20)11-14-4-2-1-3-5-14/h1-10,12H,11,13H2,(H,23,25,29). The fraction of sp³-hybridized carbons (Fsp3) is 0.100. The average molecular weight is 454 g/mol. The summed E-state index contributed by atoms with van der Waals surface area (Å²) < 4.78 is 8.51. The maximum Gasteiger partial charge on any atom is 0.278 e. The lowest BCUT2D eigenvalue weighted by atomic mass is 10.2. The fourth-order valence-electron chi connectivity index (χ4n) is 2.77. The molecule has 2 aromatic carbocycles. The molecule has 0 atom stereocenters. The topological polar surface area (TPSA) is 130 Å². The van der Waals surface area contributed by atoms with Gasteiger partial charge in [-0.2, -0.15) is 5.10 Å². The molecule has 162 valence electrons. The van der Waals surface area contributed by atoms with Crippen molar-refractivity contribution in [2.45, 2.75) is 13.3 Å². The van der Waals surface area contributed by atoms with Gasteiger partial charge in [0.15, 0.2) is 12.4 Å². The Balaban J connectivity index is 1.33. The molecule has 1 amide bonds. The number of carbonyl (C=O) groups excluding carboxylic acids is 1. The van der Waals surface area contributed by atoms with Crippen molar-refractivity contribution in [3.63, 3.8) is 0 Å². The number of nitro benzene ring substituents is 1. The quantitative estimate of drug-likeness (QED) is 0.319. The van der Waals surface area contributed by atoms with Gasteiger partial charge in [0.1, 0.15) is 12.1 Å². The average Bonchev–Trinajstić information content (AvgIpc) is 3.43. The molecule has 0 saturated heterocycles. The van der Waals surface area contributed by atoms with Gasteiger partial charge in [0.2, 0.25) is 5.95 Å². The van der Waals surface area contributed by atoms with Crippen molar-refractivity contribution < 1.29 is 14.5 Å². The molecule has 2 aromatic heterocycles. The van der Waals surface area contributed by atoms with Crippen molar-refractivity contribution in [2.24, 2.45) is 0 Å². The monoisotopic (exact) mass is 453 g/mol. The van der Waals surface area contributed by atoms with Gasteiger partial charge in [-0.1, -0.05) is 41.9 Å². The normalized spacial score (nSPS) is 10.7. The lowest BCUT2D eigenvalue weighted by Gasteiger charge is -2.07. The molecule has 4 aromatic rings. The van der Waals surface area contributed by atoms with E-state index < -0.39 is 10.8 Å². The maximum atomic E-state index is 12.4. The molecular formula is C20H16ClN7O4. The van der Waals surface area contributed by atoms with Crippen LogP contribution in [0.3, 0.4) is 0 Å². The van der Waals surface area contributed by atoms with Crippen LogP contribution in [0.2, 0.25) is 5.02 Å². The van der Waals surface area contributed by atoms with Crippen molar-refractivity contribution in [2.75, 3.05) is 5.32 Å². The lowest BCUT2D eigenvalue weighted by Crippen LogP contribution is -2.15. The van der Waals surface area contributed by atoms with Crippen molar-refractivity contribution >= 4 is 29.1 Å². The SMILES string of the molecule is O=C(Nc1ncn(Cc2ccccc2)n1)c1ccn(COc2ccc([N+](=O)[O-])cc2Cl)n1. The van der Waals surface area contributed by atoms with Gasteiger partial charge < -0.3 is 4.74 Å². The van der Waals surface area contributed by atoms with Gasteiger partial charge in [-0.05, 0) is 17.7 Å². The Kier molecular flexibility index (Phi) is 6.08. The van der Waals surface area contributed by atoms with E-state index in [0.29, 0.717) is 6.54 Å². The molecule has 0 aliphatic carbocycles. The van der Waals surface area contributed by atoms with E-state index >= 15 is 0 Å². The minimum atomic E-state index is -0.548. The zero-order chi connectivity index (χ0) is 22.5. The first-order valence-electron chi connectivity index (χ1n) is 9.33. The smallest absolute Gasteiger partial charge is 0.278 e. The van der Waals surface area contributed by atoms with Crippen LogP contribution in [0.25, 0.3) is 0 Å². The highest BCUT2D eigenvalue weighted by Gasteiger charge is 2.14. The fourth-order valence-corrected chi connectivity index (χ4v) is 3.00. The van der Waals surface area contributed by atoms with E-state index in [4.69, 9.17) is 16.3 Å². The van der Waals surface area contributed by atoms with Crippen LogP contribution in [-0.4, -0.2) is 35.4 Å². The molecule has 2 heterocycles. The summed E-state index contributed by atoms with van der Waals surface area (Å²) >= 11 is 6.00. The number of halogens is 1. The summed E-state index contributed by atoms with van der Waals surface area (Å²) in [4.78, 5) is 26.7. The van der Waals surface area contributed by atoms with Gasteiger partial charge in [-0.3, -0.25) is 20.2 Å². The Bertz CT molecular complexity index is 1260. The lowest BCUT2D eigenvalue weighted by molar-refractivity contribution is -0.384. The van der Waals surface area contributed by atoms with Crippen LogP contribution in [0.4, 0.5) is 11.6 Å². The Hall–Kier alpha value is -4.25.